The summed E-state index contributed by atoms with van der Waals surface area (Å²) in [5.41, 5.74) is 1.00. The van der Waals surface area contributed by atoms with Gasteiger partial charge in [-0.25, -0.2) is 18.2 Å². The number of carbonyl (C=O) groups is 1. The van der Waals surface area contributed by atoms with E-state index in [1.54, 1.807) is 11.0 Å². The van der Waals surface area contributed by atoms with Gasteiger partial charge >= 0.3 is 6.09 Å². The van der Waals surface area contributed by atoms with Gasteiger partial charge in [0.1, 0.15) is 18.1 Å². The summed E-state index contributed by atoms with van der Waals surface area (Å²) in [6.45, 7) is 1.34. The fraction of sp³-hybridized carbons (Fsp3) is 0.455. The Bertz CT molecular complexity index is 1000. The minimum atomic E-state index is -3.73. The molecule has 172 valence electrons. The van der Waals surface area contributed by atoms with Gasteiger partial charge in [0.25, 0.3) is 0 Å². The van der Waals surface area contributed by atoms with Crippen molar-refractivity contribution < 1.29 is 27.4 Å². The number of ether oxygens (including phenoxy) is 3. The highest BCUT2D eigenvalue weighted by molar-refractivity contribution is 7.89. The van der Waals surface area contributed by atoms with Crippen molar-refractivity contribution in [2.75, 3.05) is 33.4 Å². The highest BCUT2D eigenvalue weighted by Crippen LogP contribution is 2.33. The second kappa shape index (κ2) is 9.85. The normalized spacial score (nSPS) is 20.8. The molecule has 2 aliphatic rings. The molecule has 0 spiro atoms. The van der Waals surface area contributed by atoms with Crippen LogP contribution in [-0.4, -0.2) is 74.2 Å². The summed E-state index contributed by atoms with van der Waals surface area (Å²) < 4.78 is 43.6. The largest absolute Gasteiger partial charge is 0.473 e. The summed E-state index contributed by atoms with van der Waals surface area (Å²) in [5, 5.41) is 0. The Morgan fingerprint density at radius 3 is 2.41 bits per heavy atom. The van der Waals surface area contributed by atoms with Crippen LogP contribution in [0.15, 0.2) is 53.6 Å². The first-order valence-electron chi connectivity index (χ1n) is 10.6. The number of pyridine rings is 1. The molecule has 0 aliphatic carbocycles. The minimum Gasteiger partial charge on any atom is -0.473 e. The maximum Gasteiger partial charge on any atom is 0.410 e. The van der Waals surface area contributed by atoms with Crippen molar-refractivity contribution in [1.82, 2.24) is 14.2 Å². The Hall–Kier alpha value is -2.69. The molecular weight excluding hydrogens is 434 g/mol. The fourth-order valence-corrected chi connectivity index (χ4v) is 5.59. The van der Waals surface area contributed by atoms with E-state index in [1.165, 1.54) is 23.7 Å². The third kappa shape index (κ3) is 4.87. The molecule has 1 aromatic heterocycles. The van der Waals surface area contributed by atoms with E-state index in [0.29, 0.717) is 19.1 Å². The van der Waals surface area contributed by atoms with E-state index in [9.17, 15) is 13.2 Å². The van der Waals surface area contributed by atoms with Crippen molar-refractivity contribution in [1.29, 1.82) is 0 Å². The van der Waals surface area contributed by atoms with Crippen LogP contribution in [0, 0.1) is 0 Å². The number of nitrogens with zero attached hydrogens (tertiary/aromatic N) is 3. The van der Waals surface area contributed by atoms with Gasteiger partial charge in [0.05, 0.1) is 12.8 Å². The molecule has 2 saturated heterocycles. The molecule has 2 fully saturated rings. The molecule has 0 N–H and O–H groups in total. The minimum absolute atomic E-state index is 0.111. The lowest BCUT2D eigenvalue weighted by molar-refractivity contribution is 0.0436. The van der Waals surface area contributed by atoms with Crippen molar-refractivity contribution in [3.63, 3.8) is 0 Å². The maximum absolute atomic E-state index is 13.2. The third-order valence-corrected chi connectivity index (χ3v) is 7.56. The van der Waals surface area contributed by atoms with Gasteiger partial charge in [0.2, 0.25) is 15.9 Å². The van der Waals surface area contributed by atoms with Crippen LogP contribution in [0.3, 0.4) is 0 Å². The Morgan fingerprint density at radius 1 is 1.06 bits per heavy atom. The molecule has 2 aromatic rings. The SMILES string of the molecule is COCCOC(=O)N1C2CC[C@@H]1CN(S(=O)(=O)c1ccc(OCc3ccccc3)nc1)C2. The number of amides is 1. The number of fused-ring (bicyclic) bond motifs is 2. The summed E-state index contributed by atoms with van der Waals surface area (Å²) in [5.74, 6) is 0.358. The zero-order chi connectivity index (χ0) is 22.6. The molecule has 4 rings (SSSR count). The van der Waals surface area contributed by atoms with Gasteiger partial charge in [0, 0.05) is 38.3 Å². The zero-order valence-electron chi connectivity index (χ0n) is 17.9. The van der Waals surface area contributed by atoms with Crippen molar-refractivity contribution >= 4 is 16.1 Å². The predicted molar refractivity (Wildman–Crippen MR) is 116 cm³/mol. The second-order valence-electron chi connectivity index (χ2n) is 7.83. The first kappa shape index (κ1) is 22.5. The lowest BCUT2D eigenvalue weighted by Gasteiger charge is -2.39. The summed E-state index contributed by atoms with van der Waals surface area (Å²) in [7, 11) is -2.19. The molecule has 32 heavy (non-hydrogen) atoms. The van der Waals surface area contributed by atoms with Gasteiger partial charge in [-0.2, -0.15) is 4.31 Å². The van der Waals surface area contributed by atoms with Gasteiger partial charge in [-0.1, -0.05) is 30.3 Å². The quantitative estimate of drug-likeness (QED) is 0.556. The van der Waals surface area contributed by atoms with Gasteiger partial charge in [-0.3, -0.25) is 4.90 Å². The summed E-state index contributed by atoms with van der Waals surface area (Å²) in [4.78, 5) is 18.4. The number of methoxy groups -OCH3 is 1. The average molecular weight is 462 g/mol. The predicted octanol–water partition coefficient (Wildman–Crippen LogP) is 2.28. The summed E-state index contributed by atoms with van der Waals surface area (Å²) >= 11 is 0. The lowest BCUT2D eigenvalue weighted by Crippen LogP contribution is -2.57. The second-order valence-corrected chi connectivity index (χ2v) is 9.77. The number of piperazine rings is 1. The van der Waals surface area contributed by atoms with Crippen LogP contribution >= 0.6 is 0 Å². The Morgan fingerprint density at radius 2 is 1.78 bits per heavy atom. The molecule has 1 amide bonds. The van der Waals surface area contributed by atoms with Crippen molar-refractivity contribution in [2.45, 2.75) is 36.4 Å². The van der Waals surface area contributed by atoms with E-state index in [4.69, 9.17) is 14.2 Å². The number of aromatic nitrogens is 1. The van der Waals surface area contributed by atoms with Crippen LogP contribution in [0.25, 0.3) is 0 Å². The number of sulfonamides is 1. The van der Waals surface area contributed by atoms with Crippen LogP contribution in [0.2, 0.25) is 0 Å². The van der Waals surface area contributed by atoms with E-state index in [-0.39, 0.29) is 36.7 Å². The van der Waals surface area contributed by atoms with Crippen molar-refractivity contribution in [3.8, 4) is 5.88 Å². The van der Waals surface area contributed by atoms with Crippen LogP contribution in [0.5, 0.6) is 5.88 Å². The van der Waals surface area contributed by atoms with E-state index in [0.717, 1.165) is 18.4 Å². The van der Waals surface area contributed by atoms with Gasteiger partial charge < -0.3 is 14.2 Å². The molecular formula is C22H27N3O6S. The molecule has 9 nitrogen and oxygen atoms in total. The van der Waals surface area contributed by atoms with Crippen LogP contribution in [0.4, 0.5) is 4.79 Å². The smallest absolute Gasteiger partial charge is 0.410 e. The Balaban J connectivity index is 1.38. The molecule has 3 heterocycles. The van der Waals surface area contributed by atoms with Gasteiger partial charge in [-0.05, 0) is 24.5 Å². The van der Waals surface area contributed by atoms with E-state index < -0.39 is 16.1 Å². The summed E-state index contributed by atoms with van der Waals surface area (Å²) in [6.07, 6.45) is 2.41. The Labute approximate surface area is 187 Å². The number of rotatable bonds is 8. The monoisotopic (exact) mass is 461 g/mol. The van der Waals surface area contributed by atoms with E-state index in [1.807, 2.05) is 30.3 Å². The zero-order valence-corrected chi connectivity index (χ0v) is 18.7. The first-order chi connectivity index (χ1) is 15.5. The van der Waals surface area contributed by atoms with E-state index in [2.05, 4.69) is 4.98 Å². The molecule has 2 atom stereocenters. The molecule has 10 heteroatoms. The Kier molecular flexibility index (Phi) is 6.92. The van der Waals surface area contributed by atoms with Crippen LogP contribution in [-0.2, 0) is 26.1 Å². The third-order valence-electron chi connectivity index (χ3n) is 5.75. The number of hydrogen-bond donors (Lipinski definition) is 0. The van der Waals surface area contributed by atoms with Crippen molar-refractivity contribution in [2.24, 2.45) is 0 Å². The maximum atomic E-state index is 13.2. The average Bonchev–Trinajstić information content (AvgIpc) is 3.08. The molecule has 0 radical (unpaired) electrons. The van der Waals surface area contributed by atoms with Gasteiger partial charge in [-0.15, -0.1) is 0 Å². The first-order valence-corrected chi connectivity index (χ1v) is 12.0. The number of carbonyl (C=O) groups excluding carboxylic acids is 1. The number of benzene rings is 1. The summed E-state index contributed by atoms with van der Waals surface area (Å²) in [6, 6.07) is 12.4. The highest BCUT2D eigenvalue weighted by atomic mass is 32.2. The standard InChI is InChI=1S/C22H27N3O6S/c1-29-11-12-30-22(26)25-18-7-8-19(25)15-24(14-18)32(27,28)20-9-10-21(23-13-20)31-16-17-5-3-2-4-6-17/h2-6,9-10,13,18-19H,7-8,11-12,14-16H2,1H3/t18-,19?/m1/s1. The molecule has 1 aromatic carbocycles. The lowest BCUT2D eigenvalue weighted by atomic mass is 10.2. The topological polar surface area (TPSA) is 98.3 Å². The fourth-order valence-electron chi connectivity index (χ4n) is 4.13. The van der Waals surface area contributed by atoms with Crippen LogP contribution < -0.4 is 4.74 Å². The van der Waals surface area contributed by atoms with Crippen LogP contribution in [0.1, 0.15) is 18.4 Å². The molecule has 2 bridgehead atoms. The molecule has 1 unspecified atom stereocenters. The number of hydrogen-bond acceptors (Lipinski definition) is 7. The highest BCUT2D eigenvalue weighted by Gasteiger charge is 2.46. The molecule has 2 aliphatic heterocycles. The molecule has 0 saturated carbocycles. The van der Waals surface area contributed by atoms with Crippen molar-refractivity contribution in [3.05, 3.63) is 54.2 Å². The van der Waals surface area contributed by atoms with Gasteiger partial charge in [0.15, 0.2) is 0 Å². The van der Waals surface area contributed by atoms with E-state index >= 15 is 0 Å².